The summed E-state index contributed by atoms with van der Waals surface area (Å²) in [5, 5.41) is 17.3. The van der Waals surface area contributed by atoms with Crippen molar-refractivity contribution in [2.75, 3.05) is 5.75 Å². The van der Waals surface area contributed by atoms with Crippen LogP contribution in [0.15, 0.2) is 60.7 Å². The Morgan fingerprint density at radius 3 is 2.10 bits per heavy atom. The summed E-state index contributed by atoms with van der Waals surface area (Å²) in [6.07, 6.45) is 3.82. The summed E-state index contributed by atoms with van der Waals surface area (Å²) in [6.45, 7) is 1.61. The van der Waals surface area contributed by atoms with Crippen LogP contribution in [0.2, 0.25) is 5.21 Å². The summed E-state index contributed by atoms with van der Waals surface area (Å²) in [5.74, 6) is 1.77. The van der Waals surface area contributed by atoms with Crippen LogP contribution in [-0.4, -0.2) is 51.2 Å². The molecule has 0 aliphatic carbocycles. The third-order valence-corrected chi connectivity index (χ3v) is 7.08. The number of carbonyl (C=O) groups is 1. The topological polar surface area (TPSA) is 57.5 Å². The Morgan fingerprint density at radius 2 is 1.55 bits per heavy atom. The Balaban J connectivity index is 0.00000151. The average molecular weight is 450 g/mol. The molecular weight excluding hydrogens is 421 g/mol. The van der Waals surface area contributed by atoms with Gasteiger partial charge < -0.3 is 10.2 Å². The van der Waals surface area contributed by atoms with E-state index in [0.29, 0.717) is 5.25 Å². The zero-order valence-electron chi connectivity index (χ0n) is 18.0. The fraction of sp³-hybridized carbons (Fsp3) is 0.435. The van der Waals surface area contributed by atoms with Gasteiger partial charge in [0.05, 0.1) is 20.5 Å². The van der Waals surface area contributed by atoms with E-state index in [-0.39, 0.29) is 6.47 Å². The molecule has 2 aromatic rings. The van der Waals surface area contributed by atoms with Crippen LogP contribution in [0, 0.1) is 0 Å². The molecule has 0 aliphatic heterocycles. The van der Waals surface area contributed by atoms with Crippen molar-refractivity contribution in [1.82, 2.24) is 0 Å². The van der Waals surface area contributed by atoms with Crippen LogP contribution in [0.25, 0.3) is 0 Å². The molecule has 0 spiro atoms. The van der Waals surface area contributed by atoms with E-state index >= 15 is 0 Å². The Morgan fingerprint density at radius 1 is 1.00 bits per heavy atom. The largest absolute Gasteiger partial charge is 0.483 e. The molecule has 8 heteroatoms. The van der Waals surface area contributed by atoms with Gasteiger partial charge in [-0.3, -0.25) is 4.79 Å². The fourth-order valence-electron chi connectivity index (χ4n) is 2.92. The molecular formula is C23H29B3O3S2. The number of hydrogen-bond donors (Lipinski definition) is 2. The van der Waals surface area contributed by atoms with E-state index in [1.165, 1.54) is 17.3 Å². The quantitative estimate of drug-likeness (QED) is 0.279. The molecule has 0 saturated carbocycles. The maximum absolute atomic E-state index is 10.6. The van der Waals surface area contributed by atoms with E-state index in [0.717, 1.165) is 42.8 Å². The predicted octanol–water partition coefficient (Wildman–Crippen LogP) is 4.73. The monoisotopic (exact) mass is 450 g/mol. The van der Waals surface area contributed by atoms with Gasteiger partial charge in [0.15, 0.2) is 0 Å². The number of benzene rings is 2. The van der Waals surface area contributed by atoms with Crippen LogP contribution in [0.1, 0.15) is 43.7 Å². The second-order valence-corrected chi connectivity index (χ2v) is 10.2. The minimum absolute atomic E-state index is 0.250. The maximum Gasteiger partial charge on any atom is 0.290 e. The lowest BCUT2D eigenvalue weighted by Gasteiger charge is -2.26. The molecule has 6 radical (unpaired) electrons. The van der Waals surface area contributed by atoms with Gasteiger partial charge in [0.25, 0.3) is 6.47 Å². The number of carboxylic acid groups (broad SMARTS) is 1. The van der Waals surface area contributed by atoms with Crippen molar-refractivity contribution in [3.8, 4) is 0 Å². The minimum atomic E-state index is -1.36. The minimum Gasteiger partial charge on any atom is -0.483 e. The van der Waals surface area contributed by atoms with Gasteiger partial charge in [-0.15, -0.1) is 17.0 Å². The molecule has 0 fully saturated rings. The third-order valence-electron chi connectivity index (χ3n) is 4.52. The van der Waals surface area contributed by atoms with E-state index in [9.17, 15) is 5.11 Å². The number of aliphatic hydroxyl groups is 1. The first kappa shape index (κ1) is 27.8. The van der Waals surface area contributed by atoms with Gasteiger partial charge in [-0.2, -0.15) is 11.8 Å². The number of rotatable bonds is 12. The summed E-state index contributed by atoms with van der Waals surface area (Å²) in [7, 11) is 18.0. The van der Waals surface area contributed by atoms with Crippen molar-refractivity contribution in [2.45, 2.75) is 53.7 Å². The van der Waals surface area contributed by atoms with E-state index in [4.69, 9.17) is 33.4 Å². The molecule has 31 heavy (non-hydrogen) atoms. The molecule has 0 bridgehead atoms. The van der Waals surface area contributed by atoms with Crippen molar-refractivity contribution < 1.29 is 15.0 Å². The summed E-state index contributed by atoms with van der Waals surface area (Å²) in [6, 6.07) is 19.9. The van der Waals surface area contributed by atoms with Crippen LogP contribution >= 0.6 is 23.5 Å². The molecule has 0 aromatic heterocycles. The Kier molecular flexibility index (Phi) is 13.2. The standard InChI is InChI=1S/C22H27B3OS2.CH2O2/c1-21(23,24)15-8-13-20(27-17-18-9-4-2-5-10-18)14-16-28-22(25,26)19-11-6-3-7-12-19;2-1-3/h2-7,9-12,20,26H,8,13-17H2,1H3;1H,(H,2,3). The molecule has 2 N–H and O–H groups in total. The normalized spacial score (nSPS) is 14.0. The second kappa shape index (κ2) is 14.8. The first-order valence-corrected chi connectivity index (χ1v) is 12.2. The molecule has 160 valence electrons. The first-order chi connectivity index (χ1) is 14.7. The Bertz CT molecular complexity index is 726. The molecule has 2 aromatic carbocycles. The zero-order chi connectivity index (χ0) is 23.2. The molecule has 2 unspecified atom stereocenters. The summed E-state index contributed by atoms with van der Waals surface area (Å²) in [4.78, 5) is 7.00. The first-order valence-electron chi connectivity index (χ1n) is 10.2. The van der Waals surface area contributed by atoms with Crippen LogP contribution in [0.3, 0.4) is 0 Å². The van der Waals surface area contributed by atoms with Crippen LogP contribution in [0.4, 0.5) is 0 Å². The van der Waals surface area contributed by atoms with E-state index in [1.807, 2.05) is 55.1 Å². The fourth-order valence-corrected chi connectivity index (χ4v) is 5.32. The second-order valence-electron chi connectivity index (χ2n) is 7.62. The van der Waals surface area contributed by atoms with Gasteiger partial charge >= 0.3 is 0 Å². The van der Waals surface area contributed by atoms with Gasteiger partial charge in [-0.1, -0.05) is 80.4 Å². The third kappa shape index (κ3) is 13.0. The Hall–Kier alpha value is -1.24. The molecule has 0 aliphatic rings. The number of thioether (sulfide) groups is 2. The molecule has 0 heterocycles. The molecule has 3 nitrogen and oxygen atoms in total. The smallest absolute Gasteiger partial charge is 0.290 e. The van der Waals surface area contributed by atoms with Gasteiger partial charge in [-0.05, 0) is 29.7 Å². The van der Waals surface area contributed by atoms with Gasteiger partial charge in [0, 0.05) is 11.0 Å². The van der Waals surface area contributed by atoms with E-state index in [1.54, 1.807) is 0 Å². The average Bonchev–Trinajstić information content (AvgIpc) is 2.72. The molecule has 2 atom stereocenters. The van der Waals surface area contributed by atoms with Crippen molar-refractivity contribution >= 4 is 53.5 Å². The van der Waals surface area contributed by atoms with Crippen LogP contribution < -0.4 is 0 Å². The van der Waals surface area contributed by atoms with Crippen LogP contribution in [0.5, 0.6) is 0 Å². The van der Waals surface area contributed by atoms with Gasteiger partial charge in [-0.25, -0.2) is 0 Å². The van der Waals surface area contributed by atoms with E-state index < -0.39 is 10.0 Å². The predicted molar refractivity (Wildman–Crippen MR) is 137 cm³/mol. The zero-order valence-corrected chi connectivity index (χ0v) is 19.7. The molecule has 0 saturated heterocycles. The SMILES string of the molecule is O=CO.[B]C([B])(C)CCCC(CCSC([B])(O)c1ccccc1)SCc1ccccc1. The van der Waals surface area contributed by atoms with Crippen molar-refractivity contribution in [3.63, 3.8) is 0 Å². The van der Waals surface area contributed by atoms with E-state index in [2.05, 4.69) is 24.3 Å². The molecule has 0 amide bonds. The highest BCUT2D eigenvalue weighted by molar-refractivity contribution is 8.01. The maximum atomic E-state index is 10.6. The Labute approximate surface area is 199 Å². The van der Waals surface area contributed by atoms with Gasteiger partial charge in [0.2, 0.25) is 0 Å². The highest BCUT2D eigenvalue weighted by Gasteiger charge is 2.23. The van der Waals surface area contributed by atoms with Crippen molar-refractivity contribution in [3.05, 3.63) is 71.8 Å². The lowest BCUT2D eigenvalue weighted by atomic mass is 9.54. The van der Waals surface area contributed by atoms with Gasteiger partial charge in [0.1, 0.15) is 7.85 Å². The number of hydrogen-bond acceptors (Lipinski definition) is 4. The lowest BCUT2D eigenvalue weighted by Crippen LogP contribution is -2.22. The lowest BCUT2D eigenvalue weighted by molar-refractivity contribution is -0.122. The highest BCUT2D eigenvalue weighted by Crippen LogP contribution is 2.34. The summed E-state index contributed by atoms with van der Waals surface area (Å²) >= 11 is 3.35. The van der Waals surface area contributed by atoms with Crippen LogP contribution in [-0.2, 0) is 15.4 Å². The van der Waals surface area contributed by atoms with Crippen molar-refractivity contribution in [2.24, 2.45) is 0 Å². The summed E-state index contributed by atoms with van der Waals surface area (Å²) < 4.78 is 0. The molecule has 2 rings (SSSR count). The highest BCUT2D eigenvalue weighted by atomic mass is 32.2. The summed E-state index contributed by atoms with van der Waals surface area (Å²) in [5.41, 5.74) is 2.06. The van der Waals surface area contributed by atoms with Crippen molar-refractivity contribution in [1.29, 1.82) is 0 Å².